The minimum Gasteiger partial charge on any atom is -0.345 e. The number of para-hydroxylation sites is 1. The molecular weight excluding hydrogens is 228 g/mol. The molecule has 0 saturated heterocycles. The number of nitriles is 3. The van der Waals surface area contributed by atoms with Gasteiger partial charge in [-0.3, -0.25) is 4.79 Å². The van der Waals surface area contributed by atoms with Gasteiger partial charge in [-0.1, -0.05) is 12.1 Å². The van der Waals surface area contributed by atoms with Gasteiger partial charge in [-0.05, 0) is 19.1 Å². The summed E-state index contributed by atoms with van der Waals surface area (Å²) in [4.78, 5) is 11.4. The molecule has 0 aliphatic carbocycles. The molecule has 86 valence electrons. The van der Waals surface area contributed by atoms with Gasteiger partial charge in [0.05, 0.1) is 0 Å². The highest BCUT2D eigenvalue weighted by atomic mass is 16.1. The third-order valence-corrected chi connectivity index (χ3v) is 2.15. The van der Waals surface area contributed by atoms with Gasteiger partial charge in [0.25, 0.3) is 0 Å². The second-order valence-corrected chi connectivity index (χ2v) is 3.31. The molecule has 0 fully saturated rings. The highest BCUT2D eigenvalue weighted by molar-refractivity contribution is 5.99. The van der Waals surface area contributed by atoms with Crippen LogP contribution in [0.5, 0.6) is 0 Å². The molecule has 5 nitrogen and oxygen atoms in total. The fourth-order valence-corrected chi connectivity index (χ4v) is 1.32. The maximum Gasteiger partial charge on any atom is 0.163 e. The molecule has 0 amide bonds. The lowest BCUT2D eigenvalue weighted by molar-refractivity contribution is 0.101. The van der Waals surface area contributed by atoms with E-state index in [4.69, 9.17) is 15.8 Å². The Kier molecular flexibility index (Phi) is 4.21. The van der Waals surface area contributed by atoms with Crippen LogP contribution in [0.4, 0.5) is 5.69 Å². The first-order chi connectivity index (χ1) is 8.63. The van der Waals surface area contributed by atoms with Crippen LogP contribution in [0, 0.1) is 34.0 Å². The number of hydrogen-bond acceptors (Lipinski definition) is 5. The van der Waals surface area contributed by atoms with Crippen LogP contribution in [0.15, 0.2) is 35.5 Å². The van der Waals surface area contributed by atoms with Crippen molar-refractivity contribution in [3.63, 3.8) is 0 Å². The average Bonchev–Trinajstić information content (AvgIpc) is 2.39. The van der Waals surface area contributed by atoms with Crippen molar-refractivity contribution in [2.75, 3.05) is 5.32 Å². The van der Waals surface area contributed by atoms with Gasteiger partial charge in [0, 0.05) is 11.3 Å². The maximum absolute atomic E-state index is 11.4. The topological polar surface area (TPSA) is 100 Å². The molecule has 0 atom stereocenters. The standard InChI is InChI=1S/C13H8N4O/c1-9(18)11-4-2-3-5-12(11)17-13(8-16)10(6-14)7-15/h2-5,17H,1H3. The number of hydrogen-bond donors (Lipinski definition) is 1. The zero-order chi connectivity index (χ0) is 13.5. The monoisotopic (exact) mass is 236 g/mol. The van der Waals surface area contributed by atoms with Crippen molar-refractivity contribution >= 4 is 11.5 Å². The SMILES string of the molecule is CC(=O)c1ccccc1NC(C#N)=C(C#N)C#N. The van der Waals surface area contributed by atoms with Crippen molar-refractivity contribution in [2.24, 2.45) is 0 Å². The Labute approximate surface area is 104 Å². The summed E-state index contributed by atoms with van der Waals surface area (Å²) in [6, 6.07) is 11.5. The number of nitrogens with zero attached hydrogens (tertiary/aromatic N) is 3. The molecule has 0 aliphatic heterocycles. The lowest BCUT2D eigenvalue weighted by Crippen LogP contribution is -2.05. The summed E-state index contributed by atoms with van der Waals surface area (Å²) in [5.41, 5.74) is 0.287. The Morgan fingerprint density at radius 1 is 1.11 bits per heavy atom. The van der Waals surface area contributed by atoms with Gasteiger partial charge >= 0.3 is 0 Å². The molecule has 0 bridgehead atoms. The van der Waals surface area contributed by atoms with Gasteiger partial charge in [0.15, 0.2) is 11.4 Å². The van der Waals surface area contributed by atoms with Crippen LogP contribution >= 0.6 is 0 Å². The zero-order valence-corrected chi connectivity index (χ0v) is 9.56. The highest BCUT2D eigenvalue weighted by Crippen LogP contribution is 2.18. The molecule has 0 radical (unpaired) electrons. The minimum atomic E-state index is -0.323. The molecular formula is C13H8N4O. The third kappa shape index (κ3) is 2.72. The van der Waals surface area contributed by atoms with E-state index in [1.54, 1.807) is 42.5 Å². The summed E-state index contributed by atoms with van der Waals surface area (Å²) in [5, 5.41) is 28.9. The lowest BCUT2D eigenvalue weighted by Gasteiger charge is -2.08. The first kappa shape index (κ1) is 13.0. The van der Waals surface area contributed by atoms with E-state index in [9.17, 15) is 4.79 Å². The van der Waals surface area contributed by atoms with Gasteiger partial charge in [0.1, 0.15) is 23.9 Å². The van der Waals surface area contributed by atoms with E-state index in [0.29, 0.717) is 11.3 Å². The molecule has 18 heavy (non-hydrogen) atoms. The number of rotatable bonds is 3. The predicted molar refractivity (Wildman–Crippen MR) is 63.9 cm³/mol. The molecule has 0 aromatic heterocycles. The smallest absolute Gasteiger partial charge is 0.163 e. The molecule has 0 spiro atoms. The summed E-state index contributed by atoms with van der Waals surface area (Å²) in [7, 11) is 0. The molecule has 0 unspecified atom stereocenters. The van der Waals surface area contributed by atoms with E-state index in [1.165, 1.54) is 6.92 Å². The van der Waals surface area contributed by atoms with Crippen LogP contribution in [0.3, 0.4) is 0 Å². The Morgan fingerprint density at radius 2 is 1.72 bits per heavy atom. The summed E-state index contributed by atoms with van der Waals surface area (Å²) in [6.45, 7) is 1.39. The summed E-state index contributed by atoms with van der Waals surface area (Å²) in [6.07, 6.45) is 0. The van der Waals surface area contributed by atoms with Crippen molar-refractivity contribution in [1.82, 2.24) is 0 Å². The third-order valence-electron chi connectivity index (χ3n) is 2.15. The molecule has 1 rings (SSSR count). The number of nitrogens with one attached hydrogen (secondary N) is 1. The van der Waals surface area contributed by atoms with Crippen LogP contribution in [0.1, 0.15) is 17.3 Å². The summed E-state index contributed by atoms with van der Waals surface area (Å²) < 4.78 is 0. The number of carbonyl (C=O) groups excluding carboxylic acids is 1. The number of allylic oxidation sites excluding steroid dienone is 2. The first-order valence-electron chi connectivity index (χ1n) is 4.95. The van der Waals surface area contributed by atoms with E-state index < -0.39 is 0 Å². The van der Waals surface area contributed by atoms with Crippen LogP contribution < -0.4 is 5.32 Å². The average molecular weight is 236 g/mol. The molecule has 0 aliphatic rings. The number of carbonyl (C=O) groups is 1. The largest absolute Gasteiger partial charge is 0.345 e. The van der Waals surface area contributed by atoms with Crippen molar-refractivity contribution in [2.45, 2.75) is 6.92 Å². The molecule has 0 saturated carbocycles. The molecule has 5 heteroatoms. The fourth-order valence-electron chi connectivity index (χ4n) is 1.32. The fraction of sp³-hybridized carbons (Fsp3) is 0.0769. The quantitative estimate of drug-likeness (QED) is 0.639. The van der Waals surface area contributed by atoms with Crippen LogP contribution in [0.2, 0.25) is 0 Å². The predicted octanol–water partition coefficient (Wildman–Crippen LogP) is 2.13. The normalized spacial score (nSPS) is 8.33. The van der Waals surface area contributed by atoms with E-state index in [2.05, 4.69) is 5.32 Å². The van der Waals surface area contributed by atoms with Crippen LogP contribution in [-0.4, -0.2) is 5.78 Å². The summed E-state index contributed by atoms with van der Waals surface area (Å²) in [5.74, 6) is -0.175. The molecule has 1 aromatic carbocycles. The number of Topliss-reactive ketones (excluding diaryl/α,β-unsaturated/α-hetero) is 1. The van der Waals surface area contributed by atoms with Gasteiger partial charge in [-0.15, -0.1) is 0 Å². The number of anilines is 1. The lowest BCUT2D eigenvalue weighted by atomic mass is 10.1. The Morgan fingerprint density at radius 3 is 2.22 bits per heavy atom. The van der Waals surface area contributed by atoms with Crippen molar-refractivity contribution in [3.8, 4) is 18.2 Å². The first-order valence-corrected chi connectivity index (χ1v) is 4.95. The minimum absolute atomic E-state index is 0.172. The van der Waals surface area contributed by atoms with E-state index in [-0.39, 0.29) is 17.1 Å². The van der Waals surface area contributed by atoms with Crippen LogP contribution in [0.25, 0.3) is 0 Å². The van der Waals surface area contributed by atoms with Gasteiger partial charge < -0.3 is 5.32 Å². The molecule has 0 heterocycles. The molecule has 1 aromatic rings. The van der Waals surface area contributed by atoms with Gasteiger partial charge in [0.2, 0.25) is 0 Å². The van der Waals surface area contributed by atoms with Crippen LogP contribution in [-0.2, 0) is 0 Å². The highest BCUT2D eigenvalue weighted by Gasteiger charge is 2.10. The number of ketones is 1. The zero-order valence-electron chi connectivity index (χ0n) is 9.56. The van der Waals surface area contributed by atoms with E-state index in [1.807, 2.05) is 0 Å². The van der Waals surface area contributed by atoms with E-state index >= 15 is 0 Å². The van der Waals surface area contributed by atoms with Crippen molar-refractivity contribution in [3.05, 3.63) is 41.1 Å². The second kappa shape index (κ2) is 5.84. The molecule has 1 N–H and O–H groups in total. The second-order valence-electron chi connectivity index (χ2n) is 3.31. The Balaban J connectivity index is 3.26. The van der Waals surface area contributed by atoms with Gasteiger partial charge in [-0.25, -0.2) is 0 Å². The van der Waals surface area contributed by atoms with Crippen molar-refractivity contribution in [1.29, 1.82) is 15.8 Å². The number of benzene rings is 1. The van der Waals surface area contributed by atoms with Crippen molar-refractivity contribution < 1.29 is 4.79 Å². The maximum atomic E-state index is 11.4. The van der Waals surface area contributed by atoms with E-state index in [0.717, 1.165) is 0 Å². The summed E-state index contributed by atoms with van der Waals surface area (Å²) >= 11 is 0. The Hall–Kier alpha value is -3.10. The van der Waals surface area contributed by atoms with Gasteiger partial charge in [-0.2, -0.15) is 15.8 Å². The Bertz CT molecular complexity index is 622.